The fourth-order valence-corrected chi connectivity index (χ4v) is 2.02. The van der Waals surface area contributed by atoms with E-state index in [9.17, 15) is 9.59 Å². The van der Waals surface area contributed by atoms with E-state index in [1.807, 2.05) is 0 Å². The Morgan fingerprint density at radius 2 is 1.86 bits per heavy atom. The zero-order chi connectivity index (χ0) is 16.0. The second-order valence-electron chi connectivity index (χ2n) is 5.15. The van der Waals surface area contributed by atoms with Gasteiger partial charge in [-0.3, -0.25) is 14.5 Å². The van der Waals surface area contributed by atoms with Crippen LogP contribution in [0.3, 0.4) is 0 Å². The van der Waals surface area contributed by atoms with Crippen molar-refractivity contribution < 1.29 is 19.1 Å². The summed E-state index contributed by atoms with van der Waals surface area (Å²) in [7, 11) is 0. The van der Waals surface area contributed by atoms with E-state index in [-0.39, 0.29) is 18.3 Å². The number of hydrogen-bond donors (Lipinski definition) is 1. The molecule has 0 atom stereocenters. The van der Waals surface area contributed by atoms with E-state index in [0.29, 0.717) is 12.3 Å². The predicted octanol–water partition coefficient (Wildman–Crippen LogP) is 2.06. The molecule has 21 heavy (non-hydrogen) atoms. The van der Waals surface area contributed by atoms with Crippen molar-refractivity contribution in [2.24, 2.45) is 0 Å². The summed E-state index contributed by atoms with van der Waals surface area (Å²) in [5, 5.41) is 8.89. The van der Waals surface area contributed by atoms with Gasteiger partial charge in [0.25, 0.3) is 5.91 Å². The highest BCUT2D eigenvalue weighted by Gasteiger charge is 2.24. The highest BCUT2D eigenvalue weighted by atomic mass is 16.4. The quantitative estimate of drug-likeness (QED) is 0.795. The number of carbonyl (C=O) groups is 2. The minimum absolute atomic E-state index is 0.187. The normalized spacial score (nSPS) is 11.1. The van der Waals surface area contributed by atoms with Gasteiger partial charge >= 0.3 is 5.97 Å². The Labute approximate surface area is 125 Å². The van der Waals surface area contributed by atoms with E-state index in [1.165, 1.54) is 4.90 Å². The Hall–Kier alpha value is -1.82. The largest absolute Gasteiger partial charge is 0.480 e. The second kappa shape index (κ2) is 7.83. The van der Waals surface area contributed by atoms with Crippen molar-refractivity contribution in [3.05, 3.63) is 23.7 Å². The lowest BCUT2D eigenvalue weighted by Gasteiger charge is -2.23. The number of hydrogen-bond acceptors (Lipinski definition) is 4. The van der Waals surface area contributed by atoms with E-state index in [2.05, 4.69) is 18.7 Å². The van der Waals surface area contributed by atoms with Gasteiger partial charge in [-0.25, -0.2) is 0 Å². The molecular formula is C15H24N2O4. The van der Waals surface area contributed by atoms with Crippen LogP contribution < -0.4 is 0 Å². The Morgan fingerprint density at radius 3 is 2.33 bits per heavy atom. The molecule has 0 aliphatic heterocycles. The summed E-state index contributed by atoms with van der Waals surface area (Å²) < 4.78 is 5.57. The van der Waals surface area contributed by atoms with Crippen molar-refractivity contribution in [2.45, 2.75) is 40.3 Å². The maximum atomic E-state index is 12.3. The van der Waals surface area contributed by atoms with Gasteiger partial charge in [-0.2, -0.15) is 0 Å². The molecule has 1 amide bonds. The van der Waals surface area contributed by atoms with Crippen LogP contribution in [0.2, 0.25) is 0 Å². The Balaban J connectivity index is 2.82. The molecule has 0 fully saturated rings. The first-order chi connectivity index (χ1) is 9.88. The average molecular weight is 296 g/mol. The number of rotatable bonds is 8. The van der Waals surface area contributed by atoms with Gasteiger partial charge in [0, 0.05) is 6.04 Å². The summed E-state index contributed by atoms with van der Waals surface area (Å²) in [4.78, 5) is 26.6. The number of amides is 1. The highest BCUT2D eigenvalue weighted by Crippen LogP contribution is 2.14. The van der Waals surface area contributed by atoms with E-state index in [1.54, 1.807) is 26.0 Å². The van der Waals surface area contributed by atoms with Crippen LogP contribution in [0.4, 0.5) is 0 Å². The molecule has 0 saturated carbocycles. The Bertz CT molecular complexity index is 478. The van der Waals surface area contributed by atoms with Gasteiger partial charge in [-0.05, 0) is 39.1 Å². The first-order valence-corrected chi connectivity index (χ1v) is 7.22. The zero-order valence-electron chi connectivity index (χ0n) is 13.1. The van der Waals surface area contributed by atoms with Crippen molar-refractivity contribution >= 4 is 11.9 Å². The van der Waals surface area contributed by atoms with Gasteiger partial charge in [0.2, 0.25) is 0 Å². The van der Waals surface area contributed by atoms with Crippen LogP contribution >= 0.6 is 0 Å². The number of furan rings is 1. The monoisotopic (exact) mass is 296 g/mol. The van der Waals surface area contributed by atoms with Gasteiger partial charge in [-0.1, -0.05) is 13.8 Å². The lowest BCUT2D eigenvalue weighted by molar-refractivity contribution is -0.138. The molecule has 0 aliphatic carbocycles. The van der Waals surface area contributed by atoms with Crippen LogP contribution in [0.15, 0.2) is 16.5 Å². The van der Waals surface area contributed by atoms with Crippen molar-refractivity contribution in [3.63, 3.8) is 0 Å². The van der Waals surface area contributed by atoms with Crippen molar-refractivity contribution in [3.8, 4) is 0 Å². The summed E-state index contributed by atoms with van der Waals surface area (Å²) in [6.07, 6.45) is 0. The molecule has 0 bridgehead atoms. The first kappa shape index (κ1) is 17.2. The third kappa shape index (κ3) is 4.90. The molecule has 0 saturated heterocycles. The van der Waals surface area contributed by atoms with E-state index in [0.717, 1.165) is 13.1 Å². The van der Waals surface area contributed by atoms with Crippen LogP contribution in [0.25, 0.3) is 0 Å². The van der Waals surface area contributed by atoms with Crippen LogP contribution in [-0.2, 0) is 11.3 Å². The smallest absolute Gasteiger partial charge is 0.323 e. The van der Waals surface area contributed by atoms with Gasteiger partial charge in [-0.15, -0.1) is 0 Å². The third-order valence-corrected chi connectivity index (χ3v) is 3.34. The maximum absolute atomic E-state index is 12.3. The summed E-state index contributed by atoms with van der Waals surface area (Å²) in [5.41, 5.74) is 0. The molecular weight excluding hydrogens is 272 g/mol. The lowest BCUT2D eigenvalue weighted by Crippen LogP contribution is -2.40. The molecule has 118 valence electrons. The molecule has 1 heterocycles. The summed E-state index contributed by atoms with van der Waals surface area (Å²) in [6.45, 7) is 9.79. The van der Waals surface area contributed by atoms with E-state index < -0.39 is 11.9 Å². The lowest BCUT2D eigenvalue weighted by atomic mass is 10.2. The molecule has 1 aromatic heterocycles. The van der Waals surface area contributed by atoms with Gasteiger partial charge in [0.1, 0.15) is 12.3 Å². The Morgan fingerprint density at radius 1 is 1.24 bits per heavy atom. The fraction of sp³-hybridized carbons (Fsp3) is 0.600. The van der Waals surface area contributed by atoms with Gasteiger partial charge < -0.3 is 14.4 Å². The molecule has 0 radical (unpaired) electrons. The number of nitrogens with zero attached hydrogens (tertiary/aromatic N) is 2. The third-order valence-electron chi connectivity index (χ3n) is 3.34. The van der Waals surface area contributed by atoms with Crippen LogP contribution in [0, 0.1) is 0 Å². The van der Waals surface area contributed by atoms with Crippen LogP contribution in [0.5, 0.6) is 0 Å². The molecule has 6 nitrogen and oxygen atoms in total. The highest BCUT2D eigenvalue weighted by molar-refractivity contribution is 5.93. The molecule has 1 N–H and O–H groups in total. The average Bonchev–Trinajstić information content (AvgIpc) is 2.89. The van der Waals surface area contributed by atoms with Gasteiger partial charge in [0.15, 0.2) is 5.76 Å². The molecule has 6 heteroatoms. The first-order valence-electron chi connectivity index (χ1n) is 7.22. The molecule has 0 aromatic carbocycles. The molecule has 0 unspecified atom stereocenters. The molecule has 1 rings (SSSR count). The SMILES string of the molecule is CCN(CC)Cc1ccc(C(=O)N(CC(=O)O)C(C)C)o1. The topological polar surface area (TPSA) is 74.0 Å². The van der Waals surface area contributed by atoms with Crippen molar-refractivity contribution in [2.75, 3.05) is 19.6 Å². The van der Waals surface area contributed by atoms with Crippen molar-refractivity contribution in [1.29, 1.82) is 0 Å². The van der Waals surface area contributed by atoms with Crippen LogP contribution in [0.1, 0.15) is 44.0 Å². The van der Waals surface area contributed by atoms with Crippen molar-refractivity contribution in [1.82, 2.24) is 9.80 Å². The number of carboxylic acid groups (broad SMARTS) is 1. The van der Waals surface area contributed by atoms with Gasteiger partial charge in [0.05, 0.1) is 6.54 Å². The number of aliphatic carboxylic acids is 1. The molecule has 1 aromatic rings. The minimum Gasteiger partial charge on any atom is -0.480 e. The summed E-state index contributed by atoms with van der Waals surface area (Å²) in [5.74, 6) is -0.529. The van der Waals surface area contributed by atoms with E-state index in [4.69, 9.17) is 9.52 Å². The minimum atomic E-state index is -1.04. The summed E-state index contributed by atoms with van der Waals surface area (Å²) in [6, 6.07) is 3.17. The second-order valence-corrected chi connectivity index (χ2v) is 5.15. The van der Waals surface area contributed by atoms with Crippen LogP contribution in [-0.4, -0.2) is 52.5 Å². The maximum Gasteiger partial charge on any atom is 0.323 e. The fourth-order valence-electron chi connectivity index (χ4n) is 2.02. The summed E-state index contributed by atoms with van der Waals surface area (Å²) >= 11 is 0. The predicted molar refractivity (Wildman–Crippen MR) is 79.1 cm³/mol. The molecule has 0 spiro atoms. The van der Waals surface area contributed by atoms with E-state index >= 15 is 0 Å². The number of carboxylic acids is 1. The zero-order valence-corrected chi connectivity index (χ0v) is 13.1. The standard InChI is InChI=1S/C15H24N2O4/c1-5-16(6-2)9-12-7-8-13(21-12)15(20)17(11(3)4)10-14(18)19/h7-8,11H,5-6,9-10H2,1-4H3,(H,18,19). The molecule has 0 aliphatic rings. The Kier molecular flexibility index (Phi) is 6.42. The number of carbonyl (C=O) groups excluding carboxylic acids is 1.